The van der Waals surface area contributed by atoms with Crippen molar-refractivity contribution in [1.29, 1.82) is 0 Å². The van der Waals surface area contributed by atoms with Crippen molar-refractivity contribution in [3.63, 3.8) is 0 Å². The van der Waals surface area contributed by atoms with E-state index in [2.05, 4.69) is 22.5 Å². The number of carbonyl (C=O) groups is 1. The molecule has 0 bridgehead atoms. The molecule has 0 aliphatic carbocycles. The molecule has 1 rings (SSSR count). The van der Waals surface area contributed by atoms with E-state index in [0.29, 0.717) is 18.8 Å². The molecule has 1 heterocycles. The van der Waals surface area contributed by atoms with Crippen molar-refractivity contribution in [1.82, 2.24) is 15.5 Å². The Labute approximate surface area is 146 Å². The van der Waals surface area contributed by atoms with E-state index in [1.165, 1.54) is 6.26 Å². The van der Waals surface area contributed by atoms with Crippen molar-refractivity contribution in [2.45, 2.75) is 58.0 Å². The highest BCUT2D eigenvalue weighted by Crippen LogP contribution is 2.17. The minimum absolute atomic E-state index is 0.0213. The zero-order valence-electron chi connectivity index (χ0n) is 15.3. The van der Waals surface area contributed by atoms with Gasteiger partial charge in [0.25, 0.3) is 0 Å². The Morgan fingerprint density at radius 2 is 2.08 bits per heavy atom. The van der Waals surface area contributed by atoms with Crippen LogP contribution in [-0.4, -0.2) is 69.4 Å². The van der Waals surface area contributed by atoms with Gasteiger partial charge in [-0.1, -0.05) is 6.92 Å². The Morgan fingerprint density at radius 1 is 1.38 bits per heavy atom. The highest BCUT2D eigenvalue weighted by Gasteiger charge is 2.26. The summed E-state index contributed by atoms with van der Waals surface area (Å²) < 4.78 is 22.4. The Bertz CT molecular complexity index is 533. The molecular weight excluding hydrogens is 328 g/mol. The molecule has 0 radical (unpaired) electrons. The molecule has 24 heavy (non-hydrogen) atoms. The van der Waals surface area contributed by atoms with Gasteiger partial charge in [0.1, 0.15) is 9.84 Å². The summed E-state index contributed by atoms with van der Waals surface area (Å²) in [5, 5.41) is 6.46. The summed E-state index contributed by atoms with van der Waals surface area (Å²) in [4.78, 5) is 18.0. The van der Waals surface area contributed by atoms with Gasteiger partial charge in [-0.25, -0.2) is 8.42 Å². The molecule has 8 heteroatoms. The number of nitrogens with one attached hydrogen (secondary N) is 2. The van der Waals surface area contributed by atoms with Gasteiger partial charge in [-0.2, -0.15) is 0 Å². The van der Waals surface area contributed by atoms with Crippen LogP contribution in [0.1, 0.15) is 46.0 Å². The molecule has 2 N–H and O–H groups in total. The van der Waals surface area contributed by atoms with Crippen LogP contribution >= 0.6 is 0 Å². The molecule has 1 aliphatic rings. The van der Waals surface area contributed by atoms with E-state index in [0.717, 1.165) is 32.4 Å². The monoisotopic (exact) mass is 360 g/mol. The predicted octanol–water partition coefficient (Wildman–Crippen LogP) is 0.766. The van der Waals surface area contributed by atoms with E-state index in [9.17, 15) is 13.2 Å². The Balaban J connectivity index is 2.36. The van der Waals surface area contributed by atoms with Crippen LogP contribution in [0.2, 0.25) is 0 Å². The lowest BCUT2D eigenvalue weighted by Gasteiger charge is -2.27. The SMILES string of the molecule is CCC(CCNC(=NC)NC(C)CCS(C)(=O)=O)N1CCCC1=O. The molecular formula is C16H32N4O3S. The second-order valence-corrected chi connectivity index (χ2v) is 8.76. The lowest BCUT2D eigenvalue weighted by atomic mass is 10.1. The van der Waals surface area contributed by atoms with Gasteiger partial charge in [-0.3, -0.25) is 9.79 Å². The van der Waals surface area contributed by atoms with Gasteiger partial charge < -0.3 is 15.5 Å². The first kappa shape index (κ1) is 20.7. The lowest BCUT2D eigenvalue weighted by molar-refractivity contribution is -0.129. The lowest BCUT2D eigenvalue weighted by Crippen LogP contribution is -2.45. The molecule has 2 unspecified atom stereocenters. The summed E-state index contributed by atoms with van der Waals surface area (Å²) >= 11 is 0. The third-order valence-electron chi connectivity index (χ3n) is 4.32. The maximum Gasteiger partial charge on any atom is 0.222 e. The third-order valence-corrected chi connectivity index (χ3v) is 5.30. The number of rotatable bonds is 9. The minimum atomic E-state index is -2.95. The number of carbonyl (C=O) groups excluding carboxylic acids is 1. The normalized spacial score (nSPS) is 18.6. The fraction of sp³-hybridized carbons (Fsp3) is 0.875. The smallest absolute Gasteiger partial charge is 0.222 e. The molecule has 2 atom stereocenters. The van der Waals surface area contributed by atoms with Gasteiger partial charge in [-0.05, 0) is 32.6 Å². The van der Waals surface area contributed by atoms with E-state index >= 15 is 0 Å². The zero-order chi connectivity index (χ0) is 18.2. The van der Waals surface area contributed by atoms with Crippen LogP contribution in [0.25, 0.3) is 0 Å². The number of aliphatic imine (C=N–C) groups is 1. The molecule has 0 aromatic heterocycles. The van der Waals surface area contributed by atoms with Crippen LogP contribution in [0.5, 0.6) is 0 Å². The maximum absolute atomic E-state index is 11.8. The van der Waals surface area contributed by atoms with Crippen LogP contribution in [0, 0.1) is 0 Å². The second kappa shape index (κ2) is 9.86. The van der Waals surface area contributed by atoms with Crippen molar-refractivity contribution < 1.29 is 13.2 Å². The average Bonchev–Trinajstić information content (AvgIpc) is 2.93. The van der Waals surface area contributed by atoms with Gasteiger partial charge in [0.05, 0.1) is 5.75 Å². The summed E-state index contributed by atoms with van der Waals surface area (Å²) in [5.74, 6) is 1.09. The Hall–Kier alpha value is -1.31. The van der Waals surface area contributed by atoms with Crippen molar-refractivity contribution in [3.05, 3.63) is 0 Å². The van der Waals surface area contributed by atoms with Crippen LogP contribution in [0.4, 0.5) is 0 Å². The molecule has 1 aliphatic heterocycles. The van der Waals surface area contributed by atoms with Gasteiger partial charge >= 0.3 is 0 Å². The number of nitrogens with zero attached hydrogens (tertiary/aromatic N) is 2. The van der Waals surface area contributed by atoms with E-state index in [4.69, 9.17) is 0 Å². The summed E-state index contributed by atoms with van der Waals surface area (Å²) in [6.07, 6.45) is 5.25. The van der Waals surface area contributed by atoms with Crippen molar-refractivity contribution in [2.24, 2.45) is 4.99 Å². The summed E-state index contributed by atoms with van der Waals surface area (Å²) in [6, 6.07) is 0.293. The number of amides is 1. The van der Waals surface area contributed by atoms with Gasteiger partial charge in [0.15, 0.2) is 5.96 Å². The minimum Gasteiger partial charge on any atom is -0.356 e. The molecule has 0 aromatic rings. The topological polar surface area (TPSA) is 90.9 Å². The number of guanidine groups is 1. The van der Waals surface area contributed by atoms with E-state index < -0.39 is 9.84 Å². The van der Waals surface area contributed by atoms with Gasteiger partial charge in [0.2, 0.25) is 5.91 Å². The quantitative estimate of drug-likeness (QED) is 0.468. The fourth-order valence-electron chi connectivity index (χ4n) is 2.88. The van der Waals surface area contributed by atoms with Crippen LogP contribution in [0.15, 0.2) is 4.99 Å². The van der Waals surface area contributed by atoms with Gasteiger partial charge in [-0.15, -0.1) is 0 Å². The fourth-order valence-corrected chi connectivity index (χ4v) is 3.67. The largest absolute Gasteiger partial charge is 0.356 e. The van der Waals surface area contributed by atoms with Crippen molar-refractivity contribution >= 4 is 21.7 Å². The molecule has 0 aromatic carbocycles. The Kier molecular flexibility index (Phi) is 8.52. The maximum atomic E-state index is 11.8. The van der Waals surface area contributed by atoms with Crippen LogP contribution in [0.3, 0.4) is 0 Å². The predicted molar refractivity (Wildman–Crippen MR) is 97.9 cm³/mol. The summed E-state index contributed by atoms with van der Waals surface area (Å²) in [7, 11) is -1.25. The first-order chi connectivity index (χ1) is 11.3. The molecule has 0 saturated carbocycles. The Morgan fingerprint density at radius 3 is 2.58 bits per heavy atom. The number of hydrogen-bond donors (Lipinski definition) is 2. The zero-order valence-corrected chi connectivity index (χ0v) is 16.2. The van der Waals surface area contributed by atoms with Crippen molar-refractivity contribution in [2.75, 3.05) is 32.1 Å². The molecule has 0 spiro atoms. The standard InChI is InChI=1S/C16H32N4O3S/c1-5-14(20-11-6-7-15(20)21)8-10-18-16(17-3)19-13(2)9-12-24(4,22)23/h13-14H,5-12H2,1-4H3,(H2,17,18,19). The van der Waals surface area contributed by atoms with Crippen LogP contribution < -0.4 is 10.6 Å². The van der Waals surface area contributed by atoms with E-state index in [1.54, 1.807) is 7.05 Å². The first-order valence-electron chi connectivity index (χ1n) is 8.71. The third kappa shape index (κ3) is 7.51. The number of likely N-dealkylation sites (tertiary alicyclic amines) is 1. The van der Waals surface area contributed by atoms with Crippen molar-refractivity contribution in [3.8, 4) is 0 Å². The van der Waals surface area contributed by atoms with E-state index in [1.807, 2.05) is 11.8 Å². The van der Waals surface area contributed by atoms with Gasteiger partial charge in [0, 0.05) is 44.9 Å². The average molecular weight is 361 g/mol. The molecule has 1 fully saturated rings. The second-order valence-electron chi connectivity index (χ2n) is 6.50. The molecule has 1 saturated heterocycles. The molecule has 7 nitrogen and oxygen atoms in total. The highest BCUT2D eigenvalue weighted by atomic mass is 32.2. The van der Waals surface area contributed by atoms with E-state index in [-0.39, 0.29) is 23.7 Å². The number of sulfone groups is 1. The highest BCUT2D eigenvalue weighted by molar-refractivity contribution is 7.90. The first-order valence-corrected chi connectivity index (χ1v) is 10.8. The summed E-state index contributed by atoms with van der Waals surface area (Å²) in [6.45, 7) is 5.64. The molecule has 1 amide bonds. The molecule has 140 valence electrons. The van der Waals surface area contributed by atoms with Crippen LogP contribution in [-0.2, 0) is 14.6 Å². The number of hydrogen-bond acceptors (Lipinski definition) is 4. The summed E-state index contributed by atoms with van der Waals surface area (Å²) in [5.41, 5.74) is 0.